The number of nitrogens with zero attached hydrogens (tertiary/aromatic N) is 2. The maximum Gasteiger partial charge on any atom is 0.318 e. The van der Waals surface area contributed by atoms with Crippen molar-refractivity contribution < 1.29 is 14.3 Å². The molecule has 0 aliphatic carbocycles. The highest BCUT2D eigenvalue weighted by Crippen LogP contribution is 2.34. The average Bonchev–Trinajstić information content (AvgIpc) is 3.20. The Labute approximate surface area is 182 Å². The van der Waals surface area contributed by atoms with Crippen molar-refractivity contribution >= 4 is 23.3 Å². The second kappa shape index (κ2) is 9.98. The molecule has 0 saturated heterocycles. The lowest BCUT2D eigenvalue weighted by Crippen LogP contribution is -2.51. The van der Waals surface area contributed by atoms with Crippen molar-refractivity contribution in [1.82, 2.24) is 15.1 Å². The summed E-state index contributed by atoms with van der Waals surface area (Å²) in [6.45, 7) is 9.38. The van der Waals surface area contributed by atoms with Gasteiger partial charge in [-0.1, -0.05) is 17.7 Å². The molecule has 0 unspecified atom stereocenters. The summed E-state index contributed by atoms with van der Waals surface area (Å²) in [6.07, 6.45) is 0.836. The van der Waals surface area contributed by atoms with E-state index in [0.717, 1.165) is 17.7 Å². The van der Waals surface area contributed by atoms with E-state index in [1.165, 1.54) is 10.4 Å². The van der Waals surface area contributed by atoms with Gasteiger partial charge in [0, 0.05) is 24.0 Å². The van der Waals surface area contributed by atoms with Gasteiger partial charge in [0.1, 0.15) is 18.9 Å². The van der Waals surface area contributed by atoms with E-state index in [1.807, 2.05) is 56.9 Å². The Balaban J connectivity index is 1.76. The average molecular weight is 430 g/mol. The van der Waals surface area contributed by atoms with Crippen LogP contribution >= 0.6 is 11.3 Å². The molecule has 2 heterocycles. The van der Waals surface area contributed by atoms with Crippen molar-refractivity contribution in [2.24, 2.45) is 0 Å². The lowest BCUT2D eigenvalue weighted by atomic mass is 10.0. The molecule has 1 aliphatic rings. The number of carbonyl (C=O) groups excluding carboxylic acids is 2. The number of urea groups is 1. The zero-order valence-corrected chi connectivity index (χ0v) is 19.0. The van der Waals surface area contributed by atoms with E-state index in [4.69, 9.17) is 4.74 Å². The van der Waals surface area contributed by atoms with Crippen LogP contribution < -0.4 is 10.1 Å². The summed E-state index contributed by atoms with van der Waals surface area (Å²) in [5.74, 6) is 0.741. The fourth-order valence-electron chi connectivity index (χ4n) is 3.66. The van der Waals surface area contributed by atoms with Crippen LogP contribution in [0.2, 0.25) is 0 Å². The Bertz CT molecular complexity index is 863. The number of amides is 3. The first kappa shape index (κ1) is 22.2. The lowest BCUT2D eigenvalue weighted by Gasteiger charge is -2.37. The van der Waals surface area contributed by atoms with Gasteiger partial charge < -0.3 is 19.9 Å². The molecule has 0 saturated carbocycles. The fourth-order valence-corrected chi connectivity index (χ4v) is 4.59. The van der Waals surface area contributed by atoms with E-state index in [1.54, 1.807) is 16.2 Å². The summed E-state index contributed by atoms with van der Waals surface area (Å²) < 4.78 is 6.06. The summed E-state index contributed by atoms with van der Waals surface area (Å²) in [4.78, 5) is 30.4. The van der Waals surface area contributed by atoms with Crippen molar-refractivity contribution in [3.8, 4) is 5.75 Å². The topological polar surface area (TPSA) is 61.9 Å². The molecule has 3 rings (SSSR count). The molecule has 1 aromatic carbocycles. The third-order valence-electron chi connectivity index (χ3n) is 5.36. The van der Waals surface area contributed by atoms with Crippen LogP contribution in [0.25, 0.3) is 0 Å². The molecular weight excluding hydrogens is 398 g/mol. The molecule has 1 aromatic heterocycles. The highest BCUT2D eigenvalue weighted by Gasteiger charge is 2.33. The van der Waals surface area contributed by atoms with Crippen molar-refractivity contribution in [2.75, 3.05) is 26.2 Å². The molecule has 1 aliphatic heterocycles. The van der Waals surface area contributed by atoms with E-state index < -0.39 is 0 Å². The number of carbonyl (C=O) groups is 2. The Kier molecular flexibility index (Phi) is 7.37. The smallest absolute Gasteiger partial charge is 0.318 e. The molecule has 0 radical (unpaired) electrons. The van der Waals surface area contributed by atoms with Gasteiger partial charge in [0.25, 0.3) is 0 Å². The molecule has 0 spiro atoms. The molecule has 2 aromatic rings. The van der Waals surface area contributed by atoms with Gasteiger partial charge in [0.2, 0.25) is 5.91 Å². The van der Waals surface area contributed by atoms with E-state index in [9.17, 15) is 9.59 Å². The molecule has 1 atom stereocenters. The van der Waals surface area contributed by atoms with E-state index in [2.05, 4.69) is 16.8 Å². The highest BCUT2D eigenvalue weighted by atomic mass is 32.1. The van der Waals surface area contributed by atoms with Crippen LogP contribution in [-0.4, -0.2) is 54.0 Å². The minimum atomic E-state index is -0.207. The van der Waals surface area contributed by atoms with Crippen molar-refractivity contribution in [1.29, 1.82) is 0 Å². The quantitative estimate of drug-likeness (QED) is 0.724. The molecular formula is C23H31N3O3S. The summed E-state index contributed by atoms with van der Waals surface area (Å²) in [7, 11) is 0. The monoisotopic (exact) mass is 429 g/mol. The van der Waals surface area contributed by atoms with Gasteiger partial charge >= 0.3 is 6.03 Å². The predicted molar refractivity (Wildman–Crippen MR) is 120 cm³/mol. The van der Waals surface area contributed by atoms with Crippen LogP contribution in [0.4, 0.5) is 4.79 Å². The largest absolute Gasteiger partial charge is 0.491 e. The van der Waals surface area contributed by atoms with Crippen LogP contribution in [-0.2, 0) is 11.2 Å². The summed E-state index contributed by atoms with van der Waals surface area (Å²) >= 11 is 1.73. The minimum absolute atomic E-state index is 0.0516. The Morgan fingerprint density at radius 3 is 2.67 bits per heavy atom. The van der Waals surface area contributed by atoms with Gasteiger partial charge in [-0.2, -0.15) is 0 Å². The molecule has 162 valence electrons. The molecule has 30 heavy (non-hydrogen) atoms. The lowest BCUT2D eigenvalue weighted by molar-refractivity contribution is -0.135. The number of aryl methyl sites for hydroxylation is 1. The maximum absolute atomic E-state index is 13.3. The predicted octanol–water partition coefficient (Wildman–Crippen LogP) is 4.00. The first-order chi connectivity index (χ1) is 14.4. The number of ether oxygens (including phenoxy) is 1. The third kappa shape index (κ3) is 5.14. The van der Waals surface area contributed by atoms with E-state index in [0.29, 0.717) is 19.7 Å². The van der Waals surface area contributed by atoms with Gasteiger partial charge in [-0.05, 0) is 63.3 Å². The summed E-state index contributed by atoms with van der Waals surface area (Å²) in [5, 5.41) is 4.88. The number of hydrogen-bond acceptors (Lipinski definition) is 4. The van der Waals surface area contributed by atoms with Gasteiger partial charge in [-0.25, -0.2) is 4.79 Å². The van der Waals surface area contributed by atoms with Crippen molar-refractivity contribution in [3.05, 3.63) is 51.7 Å². The van der Waals surface area contributed by atoms with Crippen LogP contribution in [0, 0.1) is 6.92 Å². The SMILES string of the molecule is CCNC(=O)N(CC(=O)N1CCc2sccc2[C@@H]1COc1ccc(C)cc1)C(C)C. The number of rotatable bonds is 7. The zero-order valence-electron chi connectivity index (χ0n) is 18.2. The van der Waals surface area contributed by atoms with E-state index in [-0.39, 0.29) is 30.6 Å². The number of hydrogen-bond donors (Lipinski definition) is 1. The molecule has 3 amide bonds. The first-order valence-electron chi connectivity index (χ1n) is 10.5. The zero-order chi connectivity index (χ0) is 21.7. The number of benzene rings is 1. The molecule has 7 heteroatoms. The summed E-state index contributed by atoms with van der Waals surface area (Å²) in [5.41, 5.74) is 2.33. The van der Waals surface area contributed by atoms with Crippen molar-refractivity contribution in [2.45, 2.75) is 46.2 Å². The number of fused-ring (bicyclic) bond motifs is 1. The van der Waals surface area contributed by atoms with Gasteiger partial charge in [-0.3, -0.25) is 4.79 Å². The highest BCUT2D eigenvalue weighted by molar-refractivity contribution is 7.10. The summed E-state index contributed by atoms with van der Waals surface area (Å²) in [6, 6.07) is 9.60. The standard InChI is InChI=1S/C23H31N3O3S/c1-5-24-23(28)26(16(2)3)14-22(27)25-12-10-21-19(11-13-30-21)20(25)15-29-18-8-6-17(4)7-9-18/h6-9,11,13,16,20H,5,10,12,14-15H2,1-4H3,(H,24,28)/t20-/m0/s1. The van der Waals surface area contributed by atoms with Gasteiger partial charge in [-0.15, -0.1) is 11.3 Å². The number of thiophene rings is 1. The molecule has 6 nitrogen and oxygen atoms in total. The molecule has 0 bridgehead atoms. The minimum Gasteiger partial charge on any atom is -0.491 e. The third-order valence-corrected chi connectivity index (χ3v) is 6.36. The Morgan fingerprint density at radius 1 is 1.27 bits per heavy atom. The van der Waals surface area contributed by atoms with Crippen LogP contribution in [0.1, 0.15) is 42.8 Å². The Hall–Kier alpha value is -2.54. The maximum atomic E-state index is 13.3. The second-order valence-corrected chi connectivity index (χ2v) is 8.83. The molecule has 0 fully saturated rings. The Morgan fingerprint density at radius 2 is 2.00 bits per heavy atom. The molecule has 1 N–H and O–H groups in total. The second-order valence-electron chi connectivity index (χ2n) is 7.83. The number of nitrogens with one attached hydrogen (secondary N) is 1. The van der Waals surface area contributed by atoms with E-state index >= 15 is 0 Å². The van der Waals surface area contributed by atoms with Crippen LogP contribution in [0.3, 0.4) is 0 Å². The fraction of sp³-hybridized carbons (Fsp3) is 0.478. The van der Waals surface area contributed by atoms with Crippen LogP contribution in [0.5, 0.6) is 5.75 Å². The van der Waals surface area contributed by atoms with Gasteiger partial charge in [0.15, 0.2) is 0 Å². The normalized spacial score (nSPS) is 15.6. The van der Waals surface area contributed by atoms with Crippen LogP contribution in [0.15, 0.2) is 35.7 Å². The first-order valence-corrected chi connectivity index (χ1v) is 11.4. The van der Waals surface area contributed by atoms with Crippen molar-refractivity contribution in [3.63, 3.8) is 0 Å². The van der Waals surface area contributed by atoms with Gasteiger partial charge in [0.05, 0.1) is 6.04 Å².